The van der Waals surface area contributed by atoms with Crippen molar-refractivity contribution in [2.45, 2.75) is 52.1 Å². The largest absolute Gasteiger partial charge is 0.507 e. The molecular weight excluding hydrogens is 418 g/mol. The lowest BCUT2D eigenvalue weighted by Gasteiger charge is -2.35. The first kappa shape index (κ1) is 21.5. The molecule has 1 saturated heterocycles. The molecule has 1 unspecified atom stereocenters. The molecule has 33 heavy (non-hydrogen) atoms. The van der Waals surface area contributed by atoms with Crippen LogP contribution in [0.2, 0.25) is 0 Å². The number of rotatable bonds is 4. The highest BCUT2D eigenvalue weighted by molar-refractivity contribution is 5.97. The van der Waals surface area contributed by atoms with E-state index in [0.717, 1.165) is 36.8 Å². The quantitative estimate of drug-likeness (QED) is 0.427. The van der Waals surface area contributed by atoms with Crippen LogP contribution >= 0.6 is 0 Å². The van der Waals surface area contributed by atoms with E-state index >= 15 is 0 Å². The van der Waals surface area contributed by atoms with Crippen molar-refractivity contribution in [1.29, 1.82) is 0 Å². The number of fused-ring (bicyclic) bond motifs is 2. The van der Waals surface area contributed by atoms with Crippen molar-refractivity contribution in [2.24, 2.45) is 0 Å². The van der Waals surface area contributed by atoms with Crippen LogP contribution < -0.4 is 11.3 Å². The van der Waals surface area contributed by atoms with Crippen LogP contribution in [-0.4, -0.2) is 22.6 Å². The summed E-state index contributed by atoms with van der Waals surface area (Å²) in [6.07, 6.45) is 4.58. The van der Waals surface area contributed by atoms with Crippen molar-refractivity contribution < 1.29 is 13.9 Å². The van der Waals surface area contributed by atoms with Crippen molar-refractivity contribution in [3.63, 3.8) is 0 Å². The molecule has 6 nitrogen and oxygen atoms in total. The first-order valence-electron chi connectivity index (χ1n) is 11.5. The standard InChI is InChI=1S/C27H27NO5/c1-3-19-9-6-7-11-28(19)15-18-13-21-20(14-24(29)33-26(21)16(2)25(18)30)22-12-17-8-4-5-10-23(17)32-27(22)31/h4-5,8,10,12-14,19,30H,3,6-7,9,11,15H2,1-2H3. The van der Waals surface area contributed by atoms with E-state index in [2.05, 4.69) is 11.8 Å². The zero-order valence-corrected chi connectivity index (χ0v) is 18.9. The average Bonchev–Trinajstić information content (AvgIpc) is 2.82. The van der Waals surface area contributed by atoms with E-state index in [4.69, 9.17) is 8.83 Å². The van der Waals surface area contributed by atoms with Crippen LogP contribution in [-0.2, 0) is 6.54 Å². The predicted molar refractivity (Wildman–Crippen MR) is 129 cm³/mol. The molecule has 0 saturated carbocycles. The van der Waals surface area contributed by atoms with Gasteiger partial charge in [0.2, 0.25) is 0 Å². The van der Waals surface area contributed by atoms with E-state index in [-0.39, 0.29) is 11.3 Å². The zero-order valence-electron chi connectivity index (χ0n) is 18.9. The lowest BCUT2D eigenvalue weighted by Crippen LogP contribution is -2.38. The summed E-state index contributed by atoms with van der Waals surface area (Å²) in [5.41, 5.74) is 1.69. The van der Waals surface area contributed by atoms with Crippen LogP contribution in [0.15, 0.2) is 60.9 Å². The van der Waals surface area contributed by atoms with Gasteiger partial charge in [-0.1, -0.05) is 31.5 Å². The number of para-hydroxylation sites is 1. The fourth-order valence-corrected chi connectivity index (χ4v) is 5.06. The molecule has 1 fully saturated rings. The Labute approximate surface area is 191 Å². The number of benzene rings is 2. The topological polar surface area (TPSA) is 83.9 Å². The van der Waals surface area contributed by atoms with Gasteiger partial charge < -0.3 is 13.9 Å². The van der Waals surface area contributed by atoms with E-state index in [0.29, 0.717) is 40.2 Å². The number of aryl methyl sites for hydroxylation is 1. The molecule has 0 spiro atoms. The third-order valence-corrected chi connectivity index (χ3v) is 6.84. The molecule has 4 aromatic rings. The summed E-state index contributed by atoms with van der Waals surface area (Å²) in [6.45, 7) is 5.52. The highest BCUT2D eigenvalue weighted by Gasteiger charge is 2.24. The molecule has 3 heterocycles. The van der Waals surface area contributed by atoms with Gasteiger partial charge in [0.1, 0.15) is 16.9 Å². The molecule has 1 aliphatic rings. The normalized spacial score (nSPS) is 17.1. The summed E-state index contributed by atoms with van der Waals surface area (Å²) in [7, 11) is 0. The number of piperidine rings is 1. The lowest BCUT2D eigenvalue weighted by molar-refractivity contribution is 0.135. The molecule has 170 valence electrons. The Morgan fingerprint density at radius 2 is 1.88 bits per heavy atom. The number of phenols is 1. The van der Waals surface area contributed by atoms with Gasteiger partial charge in [-0.15, -0.1) is 0 Å². The molecule has 0 aliphatic carbocycles. The molecule has 1 atom stereocenters. The second kappa shape index (κ2) is 8.52. The molecule has 6 heteroatoms. The molecule has 1 aliphatic heterocycles. The van der Waals surface area contributed by atoms with E-state index in [9.17, 15) is 14.7 Å². The van der Waals surface area contributed by atoms with Gasteiger partial charge in [-0.3, -0.25) is 4.90 Å². The number of nitrogens with zero attached hydrogens (tertiary/aromatic N) is 1. The molecule has 2 aromatic heterocycles. The van der Waals surface area contributed by atoms with Gasteiger partial charge in [0.05, 0.1) is 5.56 Å². The third-order valence-electron chi connectivity index (χ3n) is 6.84. The fraction of sp³-hybridized carbons (Fsp3) is 0.333. The second-order valence-electron chi connectivity index (χ2n) is 8.88. The number of phenolic OH excluding ortho intramolecular Hbond substituents is 1. The van der Waals surface area contributed by atoms with Crippen molar-refractivity contribution in [3.05, 3.63) is 74.4 Å². The molecule has 5 rings (SSSR count). The summed E-state index contributed by atoms with van der Waals surface area (Å²) >= 11 is 0. The van der Waals surface area contributed by atoms with Gasteiger partial charge in [-0.05, 0) is 50.9 Å². The zero-order chi connectivity index (χ0) is 23.1. The Kier molecular flexibility index (Phi) is 5.54. The molecule has 0 radical (unpaired) electrons. The molecule has 0 bridgehead atoms. The minimum Gasteiger partial charge on any atom is -0.507 e. The van der Waals surface area contributed by atoms with E-state index in [1.54, 1.807) is 25.1 Å². The van der Waals surface area contributed by atoms with Crippen LogP contribution in [0.5, 0.6) is 5.75 Å². The number of aromatic hydroxyl groups is 1. The Bertz CT molecular complexity index is 1470. The molecule has 2 aromatic carbocycles. The predicted octanol–water partition coefficient (Wildman–Crippen LogP) is 5.34. The van der Waals surface area contributed by atoms with Crippen LogP contribution in [0.4, 0.5) is 0 Å². The van der Waals surface area contributed by atoms with E-state index in [1.807, 2.05) is 18.2 Å². The Hall–Kier alpha value is -3.38. The van der Waals surface area contributed by atoms with Gasteiger partial charge in [-0.25, -0.2) is 9.59 Å². The minimum atomic E-state index is -0.581. The monoisotopic (exact) mass is 445 g/mol. The van der Waals surface area contributed by atoms with Crippen molar-refractivity contribution in [1.82, 2.24) is 4.90 Å². The third kappa shape index (κ3) is 3.85. The SMILES string of the molecule is CCC1CCCCN1Cc1cc2c(-c3cc4ccccc4oc3=O)cc(=O)oc2c(C)c1O. The van der Waals surface area contributed by atoms with Gasteiger partial charge in [0, 0.05) is 46.1 Å². The maximum atomic E-state index is 12.9. The number of hydrogen-bond donors (Lipinski definition) is 1. The molecule has 0 amide bonds. The Morgan fingerprint density at radius 1 is 1.06 bits per heavy atom. The number of hydrogen-bond acceptors (Lipinski definition) is 6. The lowest BCUT2D eigenvalue weighted by atomic mass is 9.95. The van der Waals surface area contributed by atoms with Gasteiger partial charge in [0.15, 0.2) is 0 Å². The van der Waals surface area contributed by atoms with E-state index in [1.165, 1.54) is 12.5 Å². The van der Waals surface area contributed by atoms with Crippen LogP contribution in [0.3, 0.4) is 0 Å². The Morgan fingerprint density at radius 3 is 2.70 bits per heavy atom. The number of likely N-dealkylation sites (tertiary alicyclic amines) is 1. The first-order chi connectivity index (χ1) is 16.0. The molecular formula is C27H27NO5. The Balaban J connectivity index is 1.71. The summed E-state index contributed by atoms with van der Waals surface area (Å²) < 4.78 is 11.0. The fourth-order valence-electron chi connectivity index (χ4n) is 5.06. The summed E-state index contributed by atoms with van der Waals surface area (Å²) in [6, 6.07) is 12.7. The summed E-state index contributed by atoms with van der Waals surface area (Å²) in [5.74, 6) is 0.133. The first-order valence-corrected chi connectivity index (χ1v) is 11.5. The maximum absolute atomic E-state index is 12.9. The van der Waals surface area contributed by atoms with Crippen molar-refractivity contribution in [2.75, 3.05) is 6.54 Å². The van der Waals surface area contributed by atoms with Crippen LogP contribution in [0.25, 0.3) is 33.1 Å². The van der Waals surface area contributed by atoms with Gasteiger partial charge >= 0.3 is 11.3 Å². The highest BCUT2D eigenvalue weighted by atomic mass is 16.4. The maximum Gasteiger partial charge on any atom is 0.344 e. The van der Waals surface area contributed by atoms with Crippen molar-refractivity contribution in [3.8, 4) is 16.9 Å². The molecule has 1 N–H and O–H groups in total. The van der Waals surface area contributed by atoms with Crippen LogP contribution in [0.1, 0.15) is 43.7 Å². The second-order valence-corrected chi connectivity index (χ2v) is 8.88. The minimum absolute atomic E-state index is 0.133. The smallest absolute Gasteiger partial charge is 0.344 e. The highest BCUT2D eigenvalue weighted by Crippen LogP contribution is 2.36. The van der Waals surface area contributed by atoms with Gasteiger partial charge in [0.25, 0.3) is 0 Å². The summed E-state index contributed by atoms with van der Waals surface area (Å²) in [4.78, 5) is 27.7. The van der Waals surface area contributed by atoms with Crippen LogP contribution in [0, 0.1) is 6.92 Å². The van der Waals surface area contributed by atoms with E-state index < -0.39 is 11.3 Å². The summed E-state index contributed by atoms with van der Waals surface area (Å²) in [5, 5.41) is 12.3. The van der Waals surface area contributed by atoms with Gasteiger partial charge in [-0.2, -0.15) is 0 Å². The van der Waals surface area contributed by atoms with Crippen molar-refractivity contribution >= 4 is 21.9 Å². The average molecular weight is 446 g/mol.